The summed E-state index contributed by atoms with van der Waals surface area (Å²) in [5.74, 6) is -0.897. The summed E-state index contributed by atoms with van der Waals surface area (Å²) in [4.78, 5) is 10.7. The van der Waals surface area contributed by atoms with Crippen molar-refractivity contribution in [3.63, 3.8) is 0 Å². The molecule has 0 saturated heterocycles. The normalized spacial score (nSPS) is 11.6. The van der Waals surface area contributed by atoms with Crippen LogP contribution in [0.15, 0.2) is 18.2 Å². The number of carbonyl (C=O) groups excluding carboxylic acids is 1. The molecule has 5 heteroatoms. The Hall–Kier alpha value is -1.39. The molecule has 16 heavy (non-hydrogen) atoms. The van der Waals surface area contributed by atoms with E-state index in [0.717, 1.165) is 12.1 Å². The van der Waals surface area contributed by atoms with Gasteiger partial charge in [0.2, 0.25) is 0 Å². The Morgan fingerprint density at radius 2 is 1.94 bits per heavy atom. The topological polar surface area (TPSA) is 17.1 Å². The number of ketones is 1. The summed E-state index contributed by atoms with van der Waals surface area (Å²) in [6, 6.07) is 2.21. The van der Waals surface area contributed by atoms with Gasteiger partial charge in [-0.2, -0.15) is 13.2 Å². The van der Waals surface area contributed by atoms with E-state index >= 15 is 0 Å². The van der Waals surface area contributed by atoms with Crippen molar-refractivity contribution in [2.75, 3.05) is 0 Å². The largest absolute Gasteiger partial charge is 0.416 e. The minimum absolute atomic E-state index is 0.00884. The van der Waals surface area contributed by atoms with Gasteiger partial charge in [-0.15, -0.1) is 0 Å². The smallest absolute Gasteiger partial charge is 0.300 e. The molecule has 0 aliphatic carbocycles. The standard InChI is InChI=1S/C11H10F4O/c1-7(16)2-3-8-6-9(11(13,14)15)4-5-10(8)12/h4-6H,2-3H2,1H3. The summed E-state index contributed by atoms with van der Waals surface area (Å²) in [5, 5.41) is 0. The molecule has 0 aromatic heterocycles. The molecule has 0 spiro atoms. The first kappa shape index (κ1) is 12.7. The SMILES string of the molecule is CC(=O)CCc1cc(C(F)(F)F)ccc1F. The molecule has 1 rings (SSSR count). The Labute approximate surface area is 90.1 Å². The van der Waals surface area contributed by atoms with Gasteiger partial charge >= 0.3 is 6.18 Å². The second-order valence-electron chi connectivity index (χ2n) is 3.51. The molecule has 0 heterocycles. The molecular weight excluding hydrogens is 224 g/mol. The predicted octanol–water partition coefficient (Wildman–Crippen LogP) is 3.37. The maximum Gasteiger partial charge on any atom is 0.416 e. The summed E-state index contributed by atoms with van der Waals surface area (Å²) in [7, 11) is 0. The molecule has 0 saturated carbocycles. The summed E-state index contributed by atoms with van der Waals surface area (Å²) in [6.07, 6.45) is -4.46. The van der Waals surface area contributed by atoms with Crippen molar-refractivity contribution in [2.24, 2.45) is 0 Å². The lowest BCUT2D eigenvalue weighted by Gasteiger charge is -2.09. The van der Waals surface area contributed by atoms with E-state index in [9.17, 15) is 22.4 Å². The fourth-order valence-corrected chi connectivity index (χ4v) is 1.25. The third-order valence-corrected chi connectivity index (χ3v) is 2.12. The van der Waals surface area contributed by atoms with Crippen LogP contribution in [0.5, 0.6) is 0 Å². The summed E-state index contributed by atoms with van der Waals surface area (Å²) in [6.45, 7) is 1.31. The van der Waals surface area contributed by atoms with Gasteiger partial charge in [-0.3, -0.25) is 0 Å². The molecule has 88 valence electrons. The van der Waals surface area contributed by atoms with Gasteiger partial charge in [0, 0.05) is 6.42 Å². The predicted molar refractivity (Wildman–Crippen MR) is 50.4 cm³/mol. The summed E-state index contributed by atoms with van der Waals surface area (Å²) in [5.41, 5.74) is -0.975. The number of aryl methyl sites for hydroxylation is 1. The van der Waals surface area contributed by atoms with Crippen molar-refractivity contribution in [2.45, 2.75) is 25.9 Å². The van der Waals surface area contributed by atoms with Gasteiger partial charge < -0.3 is 4.79 Å². The molecule has 0 aliphatic heterocycles. The molecule has 0 atom stereocenters. The van der Waals surface area contributed by atoms with Crippen LogP contribution in [0.1, 0.15) is 24.5 Å². The van der Waals surface area contributed by atoms with Crippen LogP contribution in [0.25, 0.3) is 0 Å². The second-order valence-corrected chi connectivity index (χ2v) is 3.51. The van der Waals surface area contributed by atoms with Gasteiger partial charge in [-0.05, 0) is 37.1 Å². The van der Waals surface area contributed by atoms with E-state index in [0.29, 0.717) is 6.07 Å². The fraction of sp³-hybridized carbons (Fsp3) is 0.364. The quantitative estimate of drug-likeness (QED) is 0.733. The van der Waals surface area contributed by atoms with E-state index in [4.69, 9.17) is 0 Å². The van der Waals surface area contributed by atoms with E-state index in [1.807, 2.05) is 0 Å². The van der Waals surface area contributed by atoms with Crippen LogP contribution in [0.4, 0.5) is 17.6 Å². The summed E-state index contributed by atoms with van der Waals surface area (Å²) < 4.78 is 50.1. The van der Waals surface area contributed by atoms with Crippen molar-refractivity contribution in [1.29, 1.82) is 0 Å². The van der Waals surface area contributed by atoms with Crippen LogP contribution in [0.3, 0.4) is 0 Å². The number of carbonyl (C=O) groups is 1. The van der Waals surface area contributed by atoms with E-state index < -0.39 is 17.6 Å². The number of hydrogen-bond acceptors (Lipinski definition) is 1. The number of alkyl halides is 3. The average Bonchev–Trinajstić information content (AvgIpc) is 2.14. The highest BCUT2D eigenvalue weighted by atomic mass is 19.4. The first-order valence-electron chi connectivity index (χ1n) is 4.66. The van der Waals surface area contributed by atoms with Crippen LogP contribution in [-0.2, 0) is 17.4 Å². The van der Waals surface area contributed by atoms with Gasteiger partial charge in [0.25, 0.3) is 0 Å². The van der Waals surface area contributed by atoms with Crippen molar-refractivity contribution in [3.05, 3.63) is 35.1 Å². The lowest BCUT2D eigenvalue weighted by molar-refractivity contribution is -0.137. The molecular formula is C11H10F4O. The Bertz CT molecular complexity index is 395. The molecule has 0 amide bonds. The second kappa shape index (κ2) is 4.63. The van der Waals surface area contributed by atoms with Gasteiger partial charge in [0.05, 0.1) is 5.56 Å². The van der Waals surface area contributed by atoms with Crippen LogP contribution in [-0.4, -0.2) is 5.78 Å². The molecule has 1 nitrogen and oxygen atoms in total. The van der Waals surface area contributed by atoms with E-state index in [-0.39, 0.29) is 24.2 Å². The number of hydrogen-bond donors (Lipinski definition) is 0. The van der Waals surface area contributed by atoms with Crippen LogP contribution in [0, 0.1) is 5.82 Å². The first-order valence-corrected chi connectivity index (χ1v) is 4.66. The molecule has 0 bridgehead atoms. The minimum atomic E-state index is -4.49. The van der Waals surface area contributed by atoms with E-state index in [2.05, 4.69) is 0 Å². The van der Waals surface area contributed by atoms with Gasteiger partial charge in [-0.1, -0.05) is 0 Å². The zero-order chi connectivity index (χ0) is 12.3. The lowest BCUT2D eigenvalue weighted by Crippen LogP contribution is -2.07. The minimum Gasteiger partial charge on any atom is -0.300 e. The Kier molecular flexibility index (Phi) is 3.67. The third kappa shape index (κ3) is 3.32. The van der Waals surface area contributed by atoms with Crippen molar-refractivity contribution >= 4 is 5.78 Å². The zero-order valence-corrected chi connectivity index (χ0v) is 8.57. The lowest BCUT2D eigenvalue weighted by atomic mass is 10.0. The molecule has 0 fully saturated rings. The van der Waals surface area contributed by atoms with Gasteiger partial charge in [-0.25, -0.2) is 4.39 Å². The van der Waals surface area contributed by atoms with Crippen molar-refractivity contribution in [3.8, 4) is 0 Å². The average molecular weight is 234 g/mol. The first-order chi connectivity index (χ1) is 7.30. The molecule has 1 aromatic carbocycles. The highest BCUT2D eigenvalue weighted by Crippen LogP contribution is 2.30. The molecule has 0 radical (unpaired) electrons. The van der Waals surface area contributed by atoms with Gasteiger partial charge in [0.15, 0.2) is 0 Å². The monoisotopic (exact) mass is 234 g/mol. The number of benzene rings is 1. The molecule has 0 N–H and O–H groups in total. The fourth-order valence-electron chi connectivity index (χ4n) is 1.25. The molecule has 1 aromatic rings. The Morgan fingerprint density at radius 3 is 2.44 bits per heavy atom. The van der Waals surface area contributed by atoms with Crippen LogP contribution in [0.2, 0.25) is 0 Å². The van der Waals surface area contributed by atoms with E-state index in [1.165, 1.54) is 6.92 Å². The number of rotatable bonds is 3. The maximum absolute atomic E-state index is 13.1. The zero-order valence-electron chi connectivity index (χ0n) is 8.57. The van der Waals surface area contributed by atoms with E-state index in [1.54, 1.807) is 0 Å². The summed E-state index contributed by atoms with van der Waals surface area (Å²) >= 11 is 0. The van der Waals surface area contributed by atoms with Crippen LogP contribution < -0.4 is 0 Å². The number of Topliss-reactive ketones (excluding diaryl/α,β-unsaturated/α-hetero) is 1. The Balaban J connectivity index is 2.95. The van der Waals surface area contributed by atoms with Crippen LogP contribution >= 0.6 is 0 Å². The molecule has 0 aliphatic rings. The third-order valence-electron chi connectivity index (χ3n) is 2.12. The Morgan fingerprint density at radius 1 is 1.31 bits per heavy atom. The maximum atomic E-state index is 13.1. The van der Waals surface area contributed by atoms with Crippen molar-refractivity contribution in [1.82, 2.24) is 0 Å². The highest BCUT2D eigenvalue weighted by Gasteiger charge is 2.30. The highest BCUT2D eigenvalue weighted by molar-refractivity contribution is 5.75. The number of halogens is 4. The van der Waals surface area contributed by atoms with Gasteiger partial charge in [0.1, 0.15) is 11.6 Å². The van der Waals surface area contributed by atoms with Crippen molar-refractivity contribution < 1.29 is 22.4 Å². The molecule has 0 unspecified atom stereocenters.